The Balaban J connectivity index is 1.94. The van der Waals surface area contributed by atoms with Crippen molar-refractivity contribution in [3.8, 4) is 0 Å². The fourth-order valence-electron chi connectivity index (χ4n) is 2.81. The maximum absolute atomic E-state index is 12.3. The third-order valence-electron chi connectivity index (χ3n) is 4.07. The van der Waals surface area contributed by atoms with Crippen molar-refractivity contribution >= 4 is 5.91 Å². The van der Waals surface area contributed by atoms with E-state index in [1.807, 2.05) is 24.3 Å². The number of nitrogens with zero attached hydrogens (tertiary/aromatic N) is 1. The molecule has 2 rings (SSSR count). The molecule has 3 N–H and O–H groups in total. The molecule has 4 heteroatoms. The van der Waals surface area contributed by atoms with Crippen LogP contribution in [0.2, 0.25) is 0 Å². The summed E-state index contributed by atoms with van der Waals surface area (Å²) in [5, 5.41) is 3.17. The number of amides is 1. The number of nitrogens with one attached hydrogen (secondary N) is 1. The minimum atomic E-state index is 0.0331. The van der Waals surface area contributed by atoms with Gasteiger partial charge in [-0.2, -0.15) is 0 Å². The highest BCUT2D eigenvalue weighted by molar-refractivity contribution is 5.94. The van der Waals surface area contributed by atoms with Gasteiger partial charge in [-0.3, -0.25) is 4.79 Å². The first-order valence-electron chi connectivity index (χ1n) is 7.38. The number of hydrogen-bond donors (Lipinski definition) is 2. The van der Waals surface area contributed by atoms with Crippen LogP contribution in [-0.4, -0.2) is 43.5 Å². The summed E-state index contributed by atoms with van der Waals surface area (Å²) in [5.74, 6) is 0.528. The highest BCUT2D eigenvalue weighted by Crippen LogP contribution is 2.16. The molecular weight excluding hydrogens is 250 g/mol. The van der Waals surface area contributed by atoms with Gasteiger partial charge in [0.2, 0.25) is 0 Å². The monoisotopic (exact) mass is 275 g/mol. The summed E-state index contributed by atoms with van der Waals surface area (Å²) in [7, 11) is 2.13. The molecule has 1 amide bonds. The quantitative estimate of drug-likeness (QED) is 0.869. The van der Waals surface area contributed by atoms with E-state index in [9.17, 15) is 4.79 Å². The van der Waals surface area contributed by atoms with Crippen LogP contribution in [-0.2, 0) is 6.42 Å². The molecule has 0 aromatic heterocycles. The molecular formula is C16H25N3O. The van der Waals surface area contributed by atoms with Gasteiger partial charge in [-0.1, -0.05) is 19.1 Å². The molecule has 1 aromatic carbocycles. The lowest BCUT2D eigenvalue weighted by Crippen LogP contribution is -2.48. The largest absolute Gasteiger partial charge is 0.349 e. The molecule has 1 heterocycles. The van der Waals surface area contributed by atoms with Gasteiger partial charge < -0.3 is 16.0 Å². The summed E-state index contributed by atoms with van der Waals surface area (Å²) in [5.41, 5.74) is 7.44. The number of rotatable bonds is 4. The van der Waals surface area contributed by atoms with Crippen LogP contribution < -0.4 is 11.1 Å². The molecule has 0 bridgehead atoms. The van der Waals surface area contributed by atoms with E-state index in [0.717, 1.165) is 31.5 Å². The second kappa shape index (κ2) is 6.86. The fourth-order valence-corrected chi connectivity index (χ4v) is 2.81. The number of benzene rings is 1. The molecule has 2 atom stereocenters. The van der Waals surface area contributed by atoms with Crippen LogP contribution in [0.3, 0.4) is 0 Å². The maximum atomic E-state index is 12.3. The van der Waals surface area contributed by atoms with Gasteiger partial charge in [0.15, 0.2) is 0 Å². The zero-order valence-electron chi connectivity index (χ0n) is 12.4. The summed E-state index contributed by atoms with van der Waals surface area (Å²) in [4.78, 5) is 14.6. The second-order valence-electron chi connectivity index (χ2n) is 5.84. The number of piperidine rings is 1. The second-order valence-corrected chi connectivity index (χ2v) is 5.84. The van der Waals surface area contributed by atoms with Gasteiger partial charge in [0.25, 0.3) is 5.91 Å². The SMILES string of the molecule is CC1CN(C)CCC1NC(=O)c1ccc(CCN)cc1. The van der Waals surface area contributed by atoms with Crippen molar-refractivity contribution in [3.63, 3.8) is 0 Å². The van der Waals surface area contributed by atoms with E-state index in [0.29, 0.717) is 12.5 Å². The number of nitrogens with two attached hydrogens (primary N) is 1. The van der Waals surface area contributed by atoms with Crippen molar-refractivity contribution in [1.29, 1.82) is 0 Å². The number of carbonyl (C=O) groups is 1. The average Bonchev–Trinajstić information content (AvgIpc) is 2.43. The summed E-state index contributed by atoms with van der Waals surface area (Å²) >= 11 is 0. The van der Waals surface area contributed by atoms with Crippen LogP contribution in [0.1, 0.15) is 29.3 Å². The smallest absolute Gasteiger partial charge is 0.251 e. The van der Waals surface area contributed by atoms with Crippen LogP contribution in [0.5, 0.6) is 0 Å². The maximum Gasteiger partial charge on any atom is 0.251 e. The lowest BCUT2D eigenvalue weighted by molar-refractivity contribution is 0.0884. The van der Waals surface area contributed by atoms with Crippen LogP contribution >= 0.6 is 0 Å². The predicted molar refractivity (Wildman–Crippen MR) is 81.7 cm³/mol. The summed E-state index contributed by atoms with van der Waals surface area (Å²) in [6.07, 6.45) is 1.88. The number of likely N-dealkylation sites (tertiary alicyclic amines) is 1. The van der Waals surface area contributed by atoms with Gasteiger partial charge in [-0.25, -0.2) is 0 Å². The molecule has 1 saturated heterocycles. The molecule has 4 nitrogen and oxygen atoms in total. The molecule has 1 aliphatic rings. The summed E-state index contributed by atoms with van der Waals surface area (Å²) in [6.45, 7) is 4.93. The van der Waals surface area contributed by atoms with Crippen LogP contribution in [0, 0.1) is 5.92 Å². The van der Waals surface area contributed by atoms with E-state index in [1.165, 1.54) is 5.56 Å². The van der Waals surface area contributed by atoms with E-state index in [2.05, 4.69) is 24.2 Å². The van der Waals surface area contributed by atoms with E-state index in [-0.39, 0.29) is 11.9 Å². The average molecular weight is 275 g/mol. The van der Waals surface area contributed by atoms with Crippen molar-refractivity contribution in [2.24, 2.45) is 11.7 Å². The third kappa shape index (κ3) is 3.81. The standard InChI is InChI=1S/C16H25N3O/c1-12-11-19(2)10-8-15(12)18-16(20)14-5-3-13(4-6-14)7-9-17/h3-6,12,15H,7-11,17H2,1-2H3,(H,18,20). The van der Waals surface area contributed by atoms with Crippen molar-refractivity contribution in [3.05, 3.63) is 35.4 Å². The highest BCUT2D eigenvalue weighted by Gasteiger charge is 2.25. The number of hydrogen-bond acceptors (Lipinski definition) is 3. The Morgan fingerprint density at radius 2 is 2.10 bits per heavy atom. The normalized spacial score (nSPS) is 23.6. The van der Waals surface area contributed by atoms with Crippen molar-refractivity contribution in [2.75, 3.05) is 26.7 Å². The van der Waals surface area contributed by atoms with Crippen molar-refractivity contribution in [2.45, 2.75) is 25.8 Å². The van der Waals surface area contributed by atoms with Crippen molar-refractivity contribution < 1.29 is 4.79 Å². The highest BCUT2D eigenvalue weighted by atomic mass is 16.1. The lowest BCUT2D eigenvalue weighted by Gasteiger charge is -2.35. The zero-order valence-corrected chi connectivity index (χ0v) is 12.4. The van der Waals surface area contributed by atoms with Gasteiger partial charge >= 0.3 is 0 Å². The first-order chi connectivity index (χ1) is 9.60. The molecule has 0 aliphatic carbocycles. The van der Waals surface area contributed by atoms with E-state index < -0.39 is 0 Å². The summed E-state index contributed by atoms with van der Waals surface area (Å²) < 4.78 is 0. The fraction of sp³-hybridized carbons (Fsp3) is 0.562. The topological polar surface area (TPSA) is 58.4 Å². The van der Waals surface area contributed by atoms with Gasteiger partial charge in [0.1, 0.15) is 0 Å². The first kappa shape index (κ1) is 15.0. The Kier molecular flexibility index (Phi) is 5.15. The third-order valence-corrected chi connectivity index (χ3v) is 4.07. The minimum Gasteiger partial charge on any atom is -0.349 e. The molecule has 0 radical (unpaired) electrons. The Bertz CT molecular complexity index is 444. The van der Waals surface area contributed by atoms with E-state index in [1.54, 1.807) is 0 Å². The Hall–Kier alpha value is -1.39. The molecule has 0 saturated carbocycles. The molecule has 1 fully saturated rings. The Labute approximate surface area is 121 Å². The minimum absolute atomic E-state index is 0.0331. The molecule has 110 valence electrons. The predicted octanol–water partition coefficient (Wildman–Crippen LogP) is 1.26. The van der Waals surface area contributed by atoms with Gasteiger partial charge in [-0.05, 0) is 56.6 Å². The van der Waals surface area contributed by atoms with Gasteiger partial charge in [-0.15, -0.1) is 0 Å². The molecule has 1 aliphatic heterocycles. The molecule has 0 spiro atoms. The Morgan fingerprint density at radius 3 is 2.70 bits per heavy atom. The molecule has 20 heavy (non-hydrogen) atoms. The van der Waals surface area contributed by atoms with Crippen LogP contribution in [0.4, 0.5) is 0 Å². The zero-order chi connectivity index (χ0) is 14.5. The summed E-state index contributed by atoms with van der Waals surface area (Å²) in [6, 6.07) is 8.03. The van der Waals surface area contributed by atoms with Gasteiger partial charge in [0, 0.05) is 18.2 Å². The molecule has 2 unspecified atom stereocenters. The van der Waals surface area contributed by atoms with Crippen LogP contribution in [0.15, 0.2) is 24.3 Å². The first-order valence-corrected chi connectivity index (χ1v) is 7.38. The number of carbonyl (C=O) groups excluding carboxylic acids is 1. The van der Waals surface area contributed by atoms with E-state index in [4.69, 9.17) is 5.73 Å². The van der Waals surface area contributed by atoms with Gasteiger partial charge in [0.05, 0.1) is 0 Å². The van der Waals surface area contributed by atoms with Crippen LogP contribution in [0.25, 0.3) is 0 Å². The van der Waals surface area contributed by atoms with E-state index >= 15 is 0 Å². The van der Waals surface area contributed by atoms with Crippen molar-refractivity contribution in [1.82, 2.24) is 10.2 Å². The molecule has 1 aromatic rings. The Morgan fingerprint density at radius 1 is 1.40 bits per heavy atom. The lowest BCUT2D eigenvalue weighted by atomic mass is 9.94.